The number of fused-ring (bicyclic) bond motifs is 1. The molecule has 1 aliphatic heterocycles. The fraction of sp³-hybridized carbons (Fsp3) is 0.250. The van der Waals surface area contributed by atoms with Gasteiger partial charge in [-0.25, -0.2) is 4.98 Å². The number of aromatic nitrogens is 2. The van der Waals surface area contributed by atoms with Crippen molar-refractivity contribution in [1.29, 1.82) is 0 Å². The van der Waals surface area contributed by atoms with Crippen molar-refractivity contribution in [3.63, 3.8) is 0 Å². The molecule has 0 saturated carbocycles. The Morgan fingerprint density at radius 1 is 1.20 bits per heavy atom. The molecule has 0 bridgehead atoms. The monoisotopic (exact) mass is 433 g/mol. The summed E-state index contributed by atoms with van der Waals surface area (Å²) in [5.41, 5.74) is 8.61. The fourth-order valence-electron chi connectivity index (χ4n) is 3.18. The van der Waals surface area contributed by atoms with E-state index in [4.69, 9.17) is 5.73 Å². The van der Waals surface area contributed by atoms with Gasteiger partial charge in [0.1, 0.15) is 5.69 Å². The van der Waals surface area contributed by atoms with E-state index in [1.54, 1.807) is 6.20 Å². The molecule has 10 heteroatoms. The summed E-state index contributed by atoms with van der Waals surface area (Å²) >= 11 is 1.46. The zero-order valence-electron chi connectivity index (χ0n) is 15.7. The Labute approximate surface area is 174 Å². The number of hydrogen-bond acceptors (Lipinski definition) is 6. The number of carbonyl (C=O) groups excluding carboxylic acids is 1. The van der Waals surface area contributed by atoms with Gasteiger partial charge in [0.2, 0.25) is 5.91 Å². The Hall–Kier alpha value is -2.98. The maximum atomic E-state index is 12.6. The minimum absolute atomic E-state index is 0.00829. The van der Waals surface area contributed by atoms with Gasteiger partial charge in [-0.3, -0.25) is 9.78 Å². The highest BCUT2D eigenvalue weighted by atomic mass is 32.1. The van der Waals surface area contributed by atoms with Crippen LogP contribution < -0.4 is 16.4 Å². The quantitative estimate of drug-likeness (QED) is 0.551. The molecule has 4 N–H and O–H groups in total. The van der Waals surface area contributed by atoms with Gasteiger partial charge in [0, 0.05) is 30.7 Å². The number of nitrogens with two attached hydrogens (primary N) is 1. The molecule has 30 heavy (non-hydrogen) atoms. The highest BCUT2D eigenvalue weighted by Crippen LogP contribution is 2.33. The number of nitrogens with one attached hydrogen (secondary N) is 2. The Balaban J connectivity index is 1.33. The average Bonchev–Trinajstić information content (AvgIpc) is 3.31. The number of rotatable bonds is 6. The Kier molecular flexibility index (Phi) is 5.44. The zero-order valence-corrected chi connectivity index (χ0v) is 16.5. The van der Waals surface area contributed by atoms with Crippen molar-refractivity contribution in [3.05, 3.63) is 59.5 Å². The molecule has 3 heterocycles. The molecule has 6 nitrogen and oxygen atoms in total. The van der Waals surface area contributed by atoms with Crippen molar-refractivity contribution < 1.29 is 18.0 Å². The van der Waals surface area contributed by atoms with Crippen LogP contribution >= 0.6 is 11.3 Å². The molecule has 1 aromatic carbocycles. The fourth-order valence-corrected chi connectivity index (χ4v) is 4.00. The van der Waals surface area contributed by atoms with Crippen LogP contribution in [0.15, 0.2) is 42.7 Å². The van der Waals surface area contributed by atoms with Crippen LogP contribution in [0.3, 0.4) is 0 Å². The van der Waals surface area contributed by atoms with E-state index < -0.39 is 11.9 Å². The molecule has 1 aliphatic rings. The molecule has 0 unspecified atom stereocenters. The SMILES string of the molecule is N[C@@H](CNc1ncc(-c2ccc3c(c2)CC(=O)N3)s1)Cc1ccc(C(F)(F)F)nc1. The Bertz CT molecular complexity index is 1070. The molecular weight excluding hydrogens is 415 g/mol. The maximum absolute atomic E-state index is 12.6. The zero-order chi connectivity index (χ0) is 21.3. The molecule has 1 amide bonds. The average molecular weight is 433 g/mol. The first kappa shape index (κ1) is 20.3. The molecule has 0 fully saturated rings. The van der Waals surface area contributed by atoms with Crippen molar-refractivity contribution in [1.82, 2.24) is 9.97 Å². The van der Waals surface area contributed by atoms with Crippen LogP contribution in [-0.2, 0) is 23.8 Å². The number of nitrogens with zero attached hydrogens (tertiary/aromatic N) is 2. The third-order valence-electron chi connectivity index (χ3n) is 4.65. The summed E-state index contributed by atoms with van der Waals surface area (Å²) in [5, 5.41) is 6.67. The smallest absolute Gasteiger partial charge is 0.360 e. The largest absolute Gasteiger partial charge is 0.433 e. The van der Waals surface area contributed by atoms with E-state index in [1.807, 2.05) is 18.2 Å². The molecule has 0 saturated heterocycles. The first-order valence-electron chi connectivity index (χ1n) is 9.18. The number of amides is 1. The van der Waals surface area contributed by atoms with E-state index in [1.165, 1.54) is 23.6 Å². The summed E-state index contributed by atoms with van der Waals surface area (Å²) in [5.74, 6) is -0.00829. The Morgan fingerprint density at radius 2 is 2.03 bits per heavy atom. The lowest BCUT2D eigenvalue weighted by Gasteiger charge is -2.12. The number of benzene rings is 1. The van der Waals surface area contributed by atoms with Gasteiger partial charge in [0.15, 0.2) is 5.13 Å². The first-order chi connectivity index (χ1) is 14.3. The molecule has 2 aromatic heterocycles. The number of thiazole rings is 1. The third kappa shape index (κ3) is 4.60. The van der Waals surface area contributed by atoms with Crippen molar-refractivity contribution in [3.8, 4) is 10.4 Å². The van der Waals surface area contributed by atoms with Gasteiger partial charge >= 0.3 is 6.18 Å². The van der Waals surface area contributed by atoms with Gasteiger partial charge < -0.3 is 16.4 Å². The maximum Gasteiger partial charge on any atom is 0.433 e. The lowest BCUT2D eigenvalue weighted by atomic mass is 10.1. The van der Waals surface area contributed by atoms with Gasteiger partial charge in [-0.15, -0.1) is 0 Å². The van der Waals surface area contributed by atoms with Gasteiger partial charge in [-0.2, -0.15) is 13.2 Å². The molecule has 3 aromatic rings. The number of alkyl halides is 3. The van der Waals surface area contributed by atoms with Crippen molar-refractivity contribution in [2.24, 2.45) is 5.73 Å². The van der Waals surface area contributed by atoms with Crippen LogP contribution in [0.4, 0.5) is 24.0 Å². The second-order valence-corrected chi connectivity index (χ2v) is 8.05. The van der Waals surface area contributed by atoms with E-state index in [-0.39, 0.29) is 11.9 Å². The van der Waals surface area contributed by atoms with Crippen molar-refractivity contribution >= 4 is 28.1 Å². The number of halogens is 3. The Morgan fingerprint density at radius 3 is 2.77 bits per heavy atom. The van der Waals surface area contributed by atoms with Gasteiger partial charge in [-0.1, -0.05) is 23.5 Å². The lowest BCUT2D eigenvalue weighted by Crippen LogP contribution is -2.31. The lowest BCUT2D eigenvalue weighted by molar-refractivity contribution is -0.141. The number of pyridine rings is 1. The molecular formula is C20H18F3N5OS. The van der Waals surface area contributed by atoms with Gasteiger partial charge in [0.05, 0.1) is 11.3 Å². The van der Waals surface area contributed by atoms with E-state index in [9.17, 15) is 18.0 Å². The summed E-state index contributed by atoms with van der Waals surface area (Å²) in [7, 11) is 0. The predicted octanol–water partition coefficient (Wildman–Crippen LogP) is 3.70. The first-order valence-corrected chi connectivity index (χ1v) is 10.00. The second kappa shape index (κ2) is 8.04. The van der Waals surface area contributed by atoms with E-state index >= 15 is 0 Å². The number of hydrogen-bond donors (Lipinski definition) is 3. The molecule has 0 radical (unpaired) electrons. The molecule has 1 atom stereocenters. The topological polar surface area (TPSA) is 92.9 Å². The van der Waals surface area contributed by atoms with E-state index in [2.05, 4.69) is 20.6 Å². The molecule has 0 aliphatic carbocycles. The predicted molar refractivity (Wildman–Crippen MR) is 109 cm³/mol. The molecule has 0 spiro atoms. The summed E-state index contributed by atoms with van der Waals surface area (Å²) < 4.78 is 37.7. The number of anilines is 2. The number of carbonyl (C=O) groups is 1. The summed E-state index contributed by atoms with van der Waals surface area (Å²) in [6.45, 7) is 0.413. The van der Waals surface area contributed by atoms with Crippen LogP contribution in [0.2, 0.25) is 0 Å². The molecule has 156 valence electrons. The van der Waals surface area contributed by atoms with Crippen molar-refractivity contribution in [2.45, 2.75) is 25.1 Å². The summed E-state index contributed by atoms with van der Waals surface area (Å²) in [6, 6.07) is 7.84. The summed E-state index contributed by atoms with van der Waals surface area (Å²) in [6.07, 6.45) is -0.722. The van der Waals surface area contributed by atoms with Crippen LogP contribution in [0, 0.1) is 0 Å². The van der Waals surface area contributed by atoms with Crippen LogP contribution in [0.25, 0.3) is 10.4 Å². The summed E-state index contributed by atoms with van der Waals surface area (Å²) in [4.78, 5) is 20.3. The van der Waals surface area contributed by atoms with Crippen LogP contribution in [-0.4, -0.2) is 28.5 Å². The van der Waals surface area contributed by atoms with E-state index in [0.717, 1.165) is 27.8 Å². The minimum Gasteiger partial charge on any atom is -0.360 e. The second-order valence-electron chi connectivity index (χ2n) is 7.02. The minimum atomic E-state index is -4.45. The van der Waals surface area contributed by atoms with Crippen molar-refractivity contribution in [2.75, 3.05) is 17.2 Å². The van der Waals surface area contributed by atoms with Crippen LogP contribution in [0.5, 0.6) is 0 Å². The highest BCUT2D eigenvalue weighted by Gasteiger charge is 2.32. The highest BCUT2D eigenvalue weighted by molar-refractivity contribution is 7.18. The standard InChI is InChI=1S/C20H18F3N5OS/c21-20(22,23)17-4-1-11(8-25-17)5-14(24)9-26-19-27-10-16(30-19)12-2-3-15-13(6-12)7-18(29)28-15/h1-4,6,8,10,14H,5,7,9,24H2,(H,26,27)(H,28,29)/t14-/m1/s1. The van der Waals surface area contributed by atoms with Gasteiger partial charge in [0.25, 0.3) is 0 Å². The van der Waals surface area contributed by atoms with E-state index in [0.29, 0.717) is 30.1 Å². The normalized spacial score (nSPS) is 14.3. The molecule has 4 rings (SSSR count). The van der Waals surface area contributed by atoms with Crippen LogP contribution in [0.1, 0.15) is 16.8 Å². The third-order valence-corrected chi connectivity index (χ3v) is 5.65. The van der Waals surface area contributed by atoms with Gasteiger partial charge in [-0.05, 0) is 41.3 Å².